The zero-order chi connectivity index (χ0) is 11.1. The van der Waals surface area contributed by atoms with Crippen molar-refractivity contribution in [3.63, 3.8) is 0 Å². The van der Waals surface area contributed by atoms with Crippen LogP contribution in [0.1, 0.15) is 54.4 Å². The monoisotopic (exact) mass is 202 g/mol. The third-order valence-electron chi connectivity index (χ3n) is 2.59. The van der Waals surface area contributed by atoms with Gasteiger partial charge in [-0.05, 0) is 24.7 Å². The van der Waals surface area contributed by atoms with Crippen LogP contribution < -0.4 is 0 Å². The van der Waals surface area contributed by atoms with Gasteiger partial charge in [-0.15, -0.1) is 0 Å². The zero-order valence-electron chi connectivity index (χ0n) is 10.5. The van der Waals surface area contributed by atoms with E-state index in [2.05, 4.69) is 41.5 Å². The number of hydrogen-bond donors (Lipinski definition) is 0. The SMILES string of the molecule is CCC(OOC(CC)C(C)C)C(C)C. The molecule has 0 saturated carbocycles. The van der Waals surface area contributed by atoms with Crippen molar-refractivity contribution in [3.8, 4) is 0 Å². The summed E-state index contributed by atoms with van der Waals surface area (Å²) in [4.78, 5) is 10.9. The Morgan fingerprint density at radius 1 is 0.714 bits per heavy atom. The molecule has 0 rings (SSSR count). The largest absolute Gasteiger partial charge is 0.233 e. The normalized spacial score (nSPS) is 16.3. The lowest BCUT2D eigenvalue weighted by Gasteiger charge is -2.24. The molecule has 0 aromatic heterocycles. The van der Waals surface area contributed by atoms with E-state index in [0.29, 0.717) is 11.8 Å². The van der Waals surface area contributed by atoms with Crippen LogP contribution in [-0.4, -0.2) is 12.2 Å². The van der Waals surface area contributed by atoms with Gasteiger partial charge in [0.2, 0.25) is 0 Å². The second-order valence-electron chi connectivity index (χ2n) is 4.57. The Morgan fingerprint density at radius 3 is 1.14 bits per heavy atom. The summed E-state index contributed by atoms with van der Waals surface area (Å²) in [5.41, 5.74) is 0. The van der Waals surface area contributed by atoms with Gasteiger partial charge in [0.25, 0.3) is 0 Å². The van der Waals surface area contributed by atoms with Crippen molar-refractivity contribution in [2.24, 2.45) is 11.8 Å². The molecular formula is C12H26O2. The fourth-order valence-electron chi connectivity index (χ4n) is 1.44. The van der Waals surface area contributed by atoms with Crippen LogP contribution in [0.15, 0.2) is 0 Å². The smallest absolute Gasteiger partial charge is 0.0950 e. The molecule has 0 amide bonds. The molecule has 0 N–H and O–H groups in total. The summed E-state index contributed by atoms with van der Waals surface area (Å²) in [6.07, 6.45) is 2.46. The van der Waals surface area contributed by atoms with Crippen LogP contribution in [0.25, 0.3) is 0 Å². The molecule has 2 atom stereocenters. The molecule has 0 aliphatic rings. The van der Waals surface area contributed by atoms with E-state index in [0.717, 1.165) is 12.8 Å². The molecular weight excluding hydrogens is 176 g/mol. The predicted molar refractivity (Wildman–Crippen MR) is 60.0 cm³/mol. The third-order valence-corrected chi connectivity index (χ3v) is 2.59. The van der Waals surface area contributed by atoms with Gasteiger partial charge in [0.05, 0.1) is 12.2 Å². The summed E-state index contributed by atoms with van der Waals surface area (Å²) >= 11 is 0. The Balaban J connectivity index is 3.88. The van der Waals surface area contributed by atoms with Crippen LogP contribution in [-0.2, 0) is 9.78 Å². The Kier molecular flexibility index (Phi) is 7.20. The zero-order valence-corrected chi connectivity index (χ0v) is 10.5. The van der Waals surface area contributed by atoms with Crippen molar-refractivity contribution in [1.82, 2.24) is 0 Å². The first-order valence-corrected chi connectivity index (χ1v) is 5.84. The number of rotatable bonds is 7. The van der Waals surface area contributed by atoms with Gasteiger partial charge in [-0.25, -0.2) is 9.78 Å². The van der Waals surface area contributed by atoms with Crippen molar-refractivity contribution in [3.05, 3.63) is 0 Å². The molecule has 0 bridgehead atoms. The summed E-state index contributed by atoms with van der Waals surface area (Å²) in [5, 5.41) is 0. The van der Waals surface area contributed by atoms with Gasteiger partial charge in [-0.2, -0.15) is 0 Å². The molecule has 14 heavy (non-hydrogen) atoms. The van der Waals surface area contributed by atoms with Gasteiger partial charge in [0.1, 0.15) is 0 Å². The van der Waals surface area contributed by atoms with Crippen LogP contribution >= 0.6 is 0 Å². The first kappa shape index (κ1) is 13.9. The van der Waals surface area contributed by atoms with Gasteiger partial charge >= 0.3 is 0 Å². The highest BCUT2D eigenvalue weighted by atomic mass is 17.2. The maximum atomic E-state index is 5.47. The molecule has 0 aromatic rings. The van der Waals surface area contributed by atoms with Crippen molar-refractivity contribution < 1.29 is 9.78 Å². The summed E-state index contributed by atoms with van der Waals surface area (Å²) in [6, 6.07) is 0. The molecule has 86 valence electrons. The Hall–Kier alpha value is -0.0800. The summed E-state index contributed by atoms with van der Waals surface area (Å²) in [7, 11) is 0. The molecule has 0 saturated heterocycles. The van der Waals surface area contributed by atoms with Gasteiger partial charge in [0.15, 0.2) is 0 Å². The summed E-state index contributed by atoms with van der Waals surface area (Å²) < 4.78 is 0. The average molecular weight is 202 g/mol. The molecule has 2 heteroatoms. The van der Waals surface area contributed by atoms with E-state index in [-0.39, 0.29) is 12.2 Å². The molecule has 0 aliphatic carbocycles. The Bertz CT molecular complexity index is 116. The lowest BCUT2D eigenvalue weighted by atomic mass is 10.1. The maximum absolute atomic E-state index is 5.47. The molecule has 0 spiro atoms. The predicted octanol–water partition coefficient (Wildman–Crippen LogP) is 3.80. The average Bonchev–Trinajstić information content (AvgIpc) is 2.11. The van der Waals surface area contributed by atoms with Gasteiger partial charge in [-0.3, -0.25) is 0 Å². The lowest BCUT2D eigenvalue weighted by Crippen LogP contribution is -2.25. The van der Waals surface area contributed by atoms with Crippen molar-refractivity contribution in [2.45, 2.75) is 66.6 Å². The van der Waals surface area contributed by atoms with Crippen LogP contribution in [0.2, 0.25) is 0 Å². The molecule has 0 fully saturated rings. The highest BCUT2D eigenvalue weighted by Crippen LogP contribution is 2.16. The third kappa shape index (κ3) is 4.97. The van der Waals surface area contributed by atoms with Crippen molar-refractivity contribution in [1.29, 1.82) is 0 Å². The van der Waals surface area contributed by atoms with Crippen LogP contribution in [0.5, 0.6) is 0 Å². The van der Waals surface area contributed by atoms with E-state index in [1.807, 2.05) is 0 Å². The molecule has 2 unspecified atom stereocenters. The molecule has 2 nitrogen and oxygen atoms in total. The Labute approximate surface area is 88.9 Å². The van der Waals surface area contributed by atoms with Crippen LogP contribution in [0, 0.1) is 11.8 Å². The van der Waals surface area contributed by atoms with E-state index >= 15 is 0 Å². The van der Waals surface area contributed by atoms with Gasteiger partial charge in [0, 0.05) is 0 Å². The number of hydrogen-bond acceptors (Lipinski definition) is 2. The van der Waals surface area contributed by atoms with E-state index in [1.54, 1.807) is 0 Å². The van der Waals surface area contributed by atoms with Crippen molar-refractivity contribution in [2.75, 3.05) is 0 Å². The van der Waals surface area contributed by atoms with E-state index in [9.17, 15) is 0 Å². The molecule has 0 aliphatic heterocycles. The first-order valence-electron chi connectivity index (χ1n) is 5.84. The fourth-order valence-corrected chi connectivity index (χ4v) is 1.44. The Morgan fingerprint density at radius 2 is 1.00 bits per heavy atom. The second kappa shape index (κ2) is 7.24. The summed E-state index contributed by atoms with van der Waals surface area (Å²) in [6.45, 7) is 12.9. The highest BCUT2D eigenvalue weighted by Gasteiger charge is 2.17. The van der Waals surface area contributed by atoms with Gasteiger partial charge in [-0.1, -0.05) is 41.5 Å². The minimum atomic E-state index is 0.225. The highest BCUT2D eigenvalue weighted by molar-refractivity contribution is 4.60. The van der Waals surface area contributed by atoms with E-state index in [4.69, 9.17) is 9.78 Å². The maximum Gasteiger partial charge on any atom is 0.0950 e. The standard InChI is InChI=1S/C12H26O2/c1-7-11(9(3)4)13-14-12(8-2)10(5)6/h9-12H,7-8H2,1-6H3. The van der Waals surface area contributed by atoms with Crippen LogP contribution in [0.3, 0.4) is 0 Å². The van der Waals surface area contributed by atoms with Gasteiger partial charge < -0.3 is 0 Å². The van der Waals surface area contributed by atoms with E-state index < -0.39 is 0 Å². The molecule has 0 aromatic carbocycles. The topological polar surface area (TPSA) is 18.5 Å². The fraction of sp³-hybridized carbons (Fsp3) is 1.00. The lowest BCUT2D eigenvalue weighted by molar-refractivity contribution is -0.364. The molecule has 0 heterocycles. The minimum absolute atomic E-state index is 0.225. The van der Waals surface area contributed by atoms with E-state index in [1.165, 1.54) is 0 Å². The second-order valence-corrected chi connectivity index (χ2v) is 4.57. The quantitative estimate of drug-likeness (QED) is 0.462. The molecule has 0 radical (unpaired) electrons. The van der Waals surface area contributed by atoms with Crippen molar-refractivity contribution >= 4 is 0 Å². The first-order chi connectivity index (χ1) is 6.52. The minimum Gasteiger partial charge on any atom is -0.233 e. The summed E-state index contributed by atoms with van der Waals surface area (Å²) in [5.74, 6) is 1.04. The van der Waals surface area contributed by atoms with Crippen LogP contribution in [0.4, 0.5) is 0 Å².